The van der Waals surface area contributed by atoms with Crippen molar-refractivity contribution >= 4 is 0 Å². The van der Waals surface area contributed by atoms with Crippen LogP contribution in [0.15, 0.2) is 12.2 Å². The Bertz CT molecular complexity index is 233. The first kappa shape index (κ1) is 11.2. The minimum atomic E-state index is 0.327. The van der Waals surface area contributed by atoms with Gasteiger partial charge in [0.25, 0.3) is 0 Å². The van der Waals surface area contributed by atoms with Gasteiger partial charge in [-0.25, -0.2) is 0 Å². The van der Waals surface area contributed by atoms with Crippen molar-refractivity contribution in [1.82, 2.24) is 5.32 Å². The molecule has 0 aliphatic heterocycles. The molecule has 0 heterocycles. The lowest BCUT2D eigenvalue weighted by atomic mass is 9.64. The number of rotatable bonds is 2. The van der Waals surface area contributed by atoms with Gasteiger partial charge in [0.2, 0.25) is 0 Å². The van der Waals surface area contributed by atoms with Gasteiger partial charge in [0.15, 0.2) is 0 Å². The maximum atomic E-state index is 3.56. The topological polar surface area (TPSA) is 12.0 Å². The van der Waals surface area contributed by atoms with Crippen molar-refractivity contribution in [1.29, 1.82) is 0 Å². The molecule has 0 radical (unpaired) electrons. The van der Waals surface area contributed by atoms with Gasteiger partial charge in [-0.2, -0.15) is 0 Å². The molecule has 15 heavy (non-hydrogen) atoms. The Kier molecular flexibility index (Phi) is 3.50. The first-order valence-electron chi connectivity index (χ1n) is 6.62. The summed E-state index contributed by atoms with van der Waals surface area (Å²) < 4.78 is 0. The summed E-state index contributed by atoms with van der Waals surface area (Å²) in [4.78, 5) is 0. The van der Waals surface area contributed by atoms with E-state index in [2.05, 4.69) is 31.4 Å². The van der Waals surface area contributed by atoms with E-state index < -0.39 is 0 Å². The van der Waals surface area contributed by atoms with Crippen LogP contribution >= 0.6 is 0 Å². The van der Waals surface area contributed by atoms with E-state index in [0.717, 1.165) is 11.8 Å². The summed E-state index contributed by atoms with van der Waals surface area (Å²) in [6.45, 7) is 2.14. The zero-order chi connectivity index (χ0) is 10.7. The largest absolute Gasteiger partial charge is 0.311 e. The summed E-state index contributed by atoms with van der Waals surface area (Å²) in [7, 11) is 2.13. The average molecular weight is 207 g/mol. The van der Waals surface area contributed by atoms with E-state index in [9.17, 15) is 0 Å². The number of likely N-dealkylation sites (N-methyl/N-ethyl adjacent to an activating group) is 1. The first-order valence-corrected chi connectivity index (χ1v) is 6.62. The number of hydrogen-bond acceptors (Lipinski definition) is 1. The quantitative estimate of drug-likeness (QED) is 0.683. The summed E-state index contributed by atoms with van der Waals surface area (Å²) in [5.41, 5.74) is 0.327. The van der Waals surface area contributed by atoms with Gasteiger partial charge in [-0.15, -0.1) is 0 Å². The van der Waals surface area contributed by atoms with Crippen LogP contribution < -0.4 is 5.32 Å². The lowest BCUT2D eigenvalue weighted by molar-refractivity contribution is 0.116. The average Bonchev–Trinajstić information content (AvgIpc) is 2.29. The van der Waals surface area contributed by atoms with E-state index in [0.29, 0.717) is 5.54 Å². The molecular weight excluding hydrogens is 182 g/mol. The molecule has 0 aromatic rings. The molecule has 2 aliphatic carbocycles. The third-order valence-corrected chi connectivity index (χ3v) is 4.64. The van der Waals surface area contributed by atoms with Crippen LogP contribution in [0, 0.1) is 11.8 Å². The molecule has 2 rings (SSSR count). The second-order valence-corrected chi connectivity index (χ2v) is 5.45. The van der Waals surface area contributed by atoms with E-state index in [4.69, 9.17) is 0 Å². The molecule has 0 aromatic heterocycles. The fraction of sp³-hybridized carbons (Fsp3) is 0.857. The Morgan fingerprint density at radius 2 is 1.87 bits per heavy atom. The summed E-state index contributed by atoms with van der Waals surface area (Å²) >= 11 is 0. The molecule has 0 spiro atoms. The Morgan fingerprint density at radius 3 is 2.53 bits per heavy atom. The highest BCUT2D eigenvalue weighted by atomic mass is 14.9. The molecule has 1 N–H and O–H groups in total. The zero-order valence-corrected chi connectivity index (χ0v) is 10.3. The van der Waals surface area contributed by atoms with Crippen molar-refractivity contribution in [2.75, 3.05) is 7.05 Å². The van der Waals surface area contributed by atoms with Crippen LogP contribution in [-0.4, -0.2) is 12.6 Å². The van der Waals surface area contributed by atoms with Gasteiger partial charge in [0.05, 0.1) is 0 Å². The normalized spacial score (nSPS) is 41.7. The predicted molar refractivity (Wildman–Crippen MR) is 65.9 cm³/mol. The fourth-order valence-corrected chi connectivity index (χ4v) is 3.73. The molecule has 1 nitrogen and oxygen atoms in total. The molecule has 0 aromatic carbocycles. The maximum Gasteiger partial charge on any atom is 0.0364 e. The zero-order valence-electron chi connectivity index (χ0n) is 10.3. The number of nitrogens with one attached hydrogen (secondary N) is 1. The van der Waals surface area contributed by atoms with Gasteiger partial charge in [-0.05, 0) is 45.1 Å². The van der Waals surface area contributed by atoms with Gasteiger partial charge in [-0.1, -0.05) is 37.8 Å². The highest BCUT2D eigenvalue weighted by Gasteiger charge is 2.38. The van der Waals surface area contributed by atoms with E-state index in [1.165, 1.54) is 44.9 Å². The van der Waals surface area contributed by atoms with E-state index in [-0.39, 0.29) is 0 Å². The van der Waals surface area contributed by atoms with Crippen molar-refractivity contribution in [3.8, 4) is 0 Å². The van der Waals surface area contributed by atoms with E-state index in [1.807, 2.05) is 0 Å². The van der Waals surface area contributed by atoms with Crippen molar-refractivity contribution in [3.63, 3.8) is 0 Å². The molecule has 0 amide bonds. The fourth-order valence-electron chi connectivity index (χ4n) is 3.73. The van der Waals surface area contributed by atoms with Gasteiger partial charge >= 0.3 is 0 Å². The molecule has 0 saturated heterocycles. The van der Waals surface area contributed by atoms with Crippen LogP contribution in [-0.2, 0) is 0 Å². The molecule has 2 aliphatic rings. The SMILES string of the molecule is CC=C[C@@]1(NC)CC[C@H]2CCCC[C@H]2C1. The van der Waals surface area contributed by atoms with Crippen molar-refractivity contribution in [3.05, 3.63) is 12.2 Å². The third kappa shape index (κ3) is 2.28. The first-order chi connectivity index (χ1) is 7.29. The van der Waals surface area contributed by atoms with Crippen LogP contribution in [0.2, 0.25) is 0 Å². The molecule has 0 unspecified atom stereocenters. The lowest BCUT2D eigenvalue weighted by Gasteiger charge is -2.45. The van der Waals surface area contributed by atoms with Gasteiger partial charge in [-0.3, -0.25) is 0 Å². The van der Waals surface area contributed by atoms with E-state index >= 15 is 0 Å². The van der Waals surface area contributed by atoms with Crippen molar-refractivity contribution in [2.24, 2.45) is 11.8 Å². The maximum absolute atomic E-state index is 3.56. The monoisotopic (exact) mass is 207 g/mol. The third-order valence-electron chi connectivity index (χ3n) is 4.64. The minimum absolute atomic E-state index is 0.327. The van der Waals surface area contributed by atoms with Crippen LogP contribution in [0.3, 0.4) is 0 Å². The molecule has 3 atom stereocenters. The van der Waals surface area contributed by atoms with Crippen LogP contribution in [0.5, 0.6) is 0 Å². The molecule has 1 heteroatoms. The molecular formula is C14H25N. The Labute approximate surface area is 94.3 Å². The number of hydrogen-bond donors (Lipinski definition) is 1. The summed E-state index contributed by atoms with van der Waals surface area (Å²) in [5.74, 6) is 2.04. The molecule has 2 saturated carbocycles. The highest BCUT2D eigenvalue weighted by Crippen LogP contribution is 2.44. The van der Waals surface area contributed by atoms with Gasteiger partial charge in [0, 0.05) is 5.54 Å². The number of allylic oxidation sites excluding steroid dienone is 1. The predicted octanol–water partition coefficient (Wildman–Crippen LogP) is 3.51. The van der Waals surface area contributed by atoms with Crippen molar-refractivity contribution in [2.45, 2.75) is 57.4 Å². The van der Waals surface area contributed by atoms with Crippen LogP contribution in [0.25, 0.3) is 0 Å². The second kappa shape index (κ2) is 4.69. The Hall–Kier alpha value is -0.300. The van der Waals surface area contributed by atoms with Gasteiger partial charge < -0.3 is 5.32 Å². The molecule has 86 valence electrons. The molecule has 0 bridgehead atoms. The summed E-state index contributed by atoms with van der Waals surface area (Å²) in [5, 5.41) is 3.56. The number of fused-ring (bicyclic) bond motifs is 1. The Balaban J connectivity index is 2.05. The Morgan fingerprint density at radius 1 is 1.13 bits per heavy atom. The minimum Gasteiger partial charge on any atom is -0.311 e. The second-order valence-electron chi connectivity index (χ2n) is 5.45. The highest BCUT2D eigenvalue weighted by molar-refractivity contribution is 5.09. The van der Waals surface area contributed by atoms with Crippen LogP contribution in [0.4, 0.5) is 0 Å². The lowest BCUT2D eigenvalue weighted by Crippen LogP contribution is -2.48. The standard InChI is InChI=1S/C14H25N/c1-3-9-14(15-2)10-8-12-6-4-5-7-13(12)11-14/h3,9,12-13,15H,4-8,10-11H2,1-2H3/t12-,13+,14-/m1/s1. The summed E-state index contributed by atoms with van der Waals surface area (Å²) in [6.07, 6.45) is 14.7. The summed E-state index contributed by atoms with van der Waals surface area (Å²) in [6, 6.07) is 0. The van der Waals surface area contributed by atoms with Crippen molar-refractivity contribution < 1.29 is 0 Å². The van der Waals surface area contributed by atoms with Crippen LogP contribution in [0.1, 0.15) is 51.9 Å². The molecule has 2 fully saturated rings. The smallest absolute Gasteiger partial charge is 0.0364 e. The van der Waals surface area contributed by atoms with Gasteiger partial charge in [0.1, 0.15) is 0 Å². The van der Waals surface area contributed by atoms with E-state index in [1.54, 1.807) is 0 Å².